The van der Waals surface area contributed by atoms with E-state index in [0.717, 1.165) is 12.8 Å². The van der Waals surface area contributed by atoms with Crippen LogP contribution in [0.3, 0.4) is 0 Å². The monoisotopic (exact) mass is 258 g/mol. The lowest BCUT2D eigenvalue weighted by Gasteiger charge is -2.19. The molecule has 5 nitrogen and oxygen atoms in total. The third-order valence-corrected chi connectivity index (χ3v) is 3.47. The van der Waals surface area contributed by atoms with Crippen molar-refractivity contribution in [1.82, 2.24) is 0 Å². The van der Waals surface area contributed by atoms with E-state index in [-0.39, 0.29) is 11.5 Å². The molecule has 1 aromatic carbocycles. The number of hydrogen-bond donors (Lipinski definition) is 2. The van der Waals surface area contributed by atoms with Crippen LogP contribution >= 0.6 is 0 Å². The number of hydrogen-bond acceptors (Lipinski definition) is 3. The average molecular weight is 258 g/mol. The predicted octanol–water partition coefficient (Wildman–Crippen LogP) is 2.41. The first kappa shape index (κ1) is 13.1. The van der Waals surface area contributed by atoms with E-state index in [9.17, 15) is 14.9 Å². The summed E-state index contributed by atoms with van der Waals surface area (Å²) in [6, 6.07) is 8.13. The van der Waals surface area contributed by atoms with Crippen LogP contribution < -0.4 is 5.32 Å². The number of rotatable bonds is 3. The molecule has 1 aromatic rings. The Morgan fingerprint density at radius 3 is 2.58 bits per heavy atom. The van der Waals surface area contributed by atoms with E-state index in [1.165, 1.54) is 12.1 Å². The van der Waals surface area contributed by atoms with Crippen molar-refractivity contribution in [2.75, 3.05) is 5.32 Å². The molecule has 19 heavy (non-hydrogen) atoms. The molecule has 0 spiro atoms. The van der Waals surface area contributed by atoms with Crippen molar-refractivity contribution in [2.24, 2.45) is 5.41 Å². The number of anilines is 1. The smallest absolute Gasteiger partial charge is 0.335 e. The molecule has 1 aliphatic rings. The van der Waals surface area contributed by atoms with Crippen molar-refractivity contribution >= 4 is 17.6 Å². The highest BCUT2D eigenvalue weighted by molar-refractivity contribution is 5.98. The number of aromatic carboxylic acids is 1. The highest BCUT2D eigenvalue weighted by Crippen LogP contribution is 2.38. The molecule has 0 aromatic heterocycles. The molecule has 0 unspecified atom stereocenters. The third-order valence-electron chi connectivity index (χ3n) is 3.47. The second kappa shape index (κ2) is 5.11. The molecule has 0 radical (unpaired) electrons. The van der Waals surface area contributed by atoms with E-state index in [1.54, 1.807) is 12.1 Å². The minimum Gasteiger partial charge on any atom is -0.478 e. The molecule has 1 amide bonds. The molecular formula is C14H14N2O3. The lowest BCUT2D eigenvalue weighted by Crippen LogP contribution is -2.32. The summed E-state index contributed by atoms with van der Waals surface area (Å²) in [5, 5.41) is 20.7. The minimum absolute atomic E-state index is 0.107. The van der Waals surface area contributed by atoms with Crippen LogP contribution in [0.4, 0.5) is 5.69 Å². The van der Waals surface area contributed by atoms with Gasteiger partial charge in [-0.15, -0.1) is 0 Å². The Morgan fingerprint density at radius 1 is 1.32 bits per heavy atom. The fraction of sp³-hybridized carbons (Fsp3) is 0.357. The molecule has 2 N–H and O–H groups in total. The van der Waals surface area contributed by atoms with Gasteiger partial charge < -0.3 is 10.4 Å². The van der Waals surface area contributed by atoms with Crippen molar-refractivity contribution < 1.29 is 14.7 Å². The average Bonchev–Trinajstić information content (AvgIpc) is 2.89. The second-order valence-electron chi connectivity index (χ2n) is 4.74. The first-order valence-electron chi connectivity index (χ1n) is 6.13. The third kappa shape index (κ3) is 2.58. The summed E-state index contributed by atoms with van der Waals surface area (Å²) in [6.45, 7) is 0. The highest BCUT2D eigenvalue weighted by atomic mass is 16.4. The number of carboxylic acid groups (broad SMARTS) is 1. The maximum absolute atomic E-state index is 12.2. The van der Waals surface area contributed by atoms with Gasteiger partial charge in [-0.1, -0.05) is 18.9 Å². The van der Waals surface area contributed by atoms with E-state index >= 15 is 0 Å². The number of carbonyl (C=O) groups excluding carboxylic acids is 1. The van der Waals surface area contributed by atoms with Crippen molar-refractivity contribution in [3.8, 4) is 6.07 Å². The van der Waals surface area contributed by atoms with Gasteiger partial charge in [0.25, 0.3) is 0 Å². The largest absolute Gasteiger partial charge is 0.478 e. The van der Waals surface area contributed by atoms with Gasteiger partial charge in [0.1, 0.15) is 5.41 Å². The topological polar surface area (TPSA) is 90.2 Å². The maximum Gasteiger partial charge on any atom is 0.335 e. The van der Waals surface area contributed by atoms with Crippen molar-refractivity contribution in [3.63, 3.8) is 0 Å². The van der Waals surface area contributed by atoms with Gasteiger partial charge in [-0.3, -0.25) is 4.79 Å². The molecule has 98 valence electrons. The Balaban J connectivity index is 2.17. The normalized spacial score (nSPS) is 16.6. The molecule has 0 atom stereocenters. The summed E-state index contributed by atoms with van der Waals surface area (Å²) >= 11 is 0. The van der Waals surface area contributed by atoms with Crippen LogP contribution in [-0.2, 0) is 4.79 Å². The lowest BCUT2D eigenvalue weighted by molar-refractivity contribution is -0.122. The number of carbonyl (C=O) groups is 2. The van der Waals surface area contributed by atoms with Gasteiger partial charge in [-0.05, 0) is 31.0 Å². The Hall–Kier alpha value is -2.35. The highest BCUT2D eigenvalue weighted by Gasteiger charge is 2.41. The molecule has 0 saturated heterocycles. The number of carboxylic acids is 1. The fourth-order valence-electron chi connectivity index (χ4n) is 2.35. The zero-order valence-corrected chi connectivity index (χ0v) is 10.3. The van der Waals surface area contributed by atoms with E-state index in [4.69, 9.17) is 5.11 Å². The van der Waals surface area contributed by atoms with Gasteiger partial charge >= 0.3 is 5.97 Å². The Bertz CT molecular complexity index is 554. The Morgan fingerprint density at radius 2 is 2.00 bits per heavy atom. The second-order valence-corrected chi connectivity index (χ2v) is 4.74. The van der Waals surface area contributed by atoms with Gasteiger partial charge in [0.15, 0.2) is 0 Å². The summed E-state index contributed by atoms with van der Waals surface area (Å²) in [7, 11) is 0. The van der Waals surface area contributed by atoms with Gasteiger partial charge in [0.05, 0.1) is 11.6 Å². The number of nitrogens with one attached hydrogen (secondary N) is 1. The number of amides is 1. The van der Waals surface area contributed by atoms with Gasteiger partial charge in [-0.2, -0.15) is 5.26 Å². The van der Waals surface area contributed by atoms with Crippen LogP contribution in [0.2, 0.25) is 0 Å². The zero-order chi connectivity index (χ0) is 13.9. The van der Waals surface area contributed by atoms with Crippen LogP contribution in [0, 0.1) is 16.7 Å². The molecule has 1 saturated carbocycles. The van der Waals surface area contributed by atoms with E-state index in [1.807, 2.05) is 0 Å². The molecule has 2 rings (SSSR count). The molecular weight excluding hydrogens is 244 g/mol. The summed E-state index contributed by atoms with van der Waals surface area (Å²) in [4.78, 5) is 23.0. The fourth-order valence-corrected chi connectivity index (χ4v) is 2.35. The summed E-state index contributed by atoms with van der Waals surface area (Å²) in [5.41, 5.74) is -0.444. The lowest BCUT2D eigenvalue weighted by atomic mass is 9.87. The van der Waals surface area contributed by atoms with E-state index < -0.39 is 11.4 Å². The summed E-state index contributed by atoms with van der Waals surface area (Å²) in [6.07, 6.45) is 2.87. The molecule has 0 aliphatic heterocycles. The number of nitrogens with zero attached hydrogens (tertiary/aromatic N) is 1. The van der Waals surface area contributed by atoms with Crippen molar-refractivity contribution in [1.29, 1.82) is 5.26 Å². The zero-order valence-electron chi connectivity index (χ0n) is 10.3. The maximum atomic E-state index is 12.2. The molecule has 0 bridgehead atoms. The van der Waals surface area contributed by atoms with Crippen molar-refractivity contribution in [3.05, 3.63) is 29.8 Å². The van der Waals surface area contributed by atoms with Crippen LogP contribution in [0.15, 0.2) is 24.3 Å². The van der Waals surface area contributed by atoms with Gasteiger partial charge in [0, 0.05) is 5.69 Å². The minimum atomic E-state index is -1.05. The molecule has 0 heterocycles. The van der Waals surface area contributed by atoms with Crippen LogP contribution in [0.5, 0.6) is 0 Å². The van der Waals surface area contributed by atoms with Crippen LogP contribution in [-0.4, -0.2) is 17.0 Å². The Labute approximate surface area is 110 Å². The number of benzene rings is 1. The molecule has 1 aliphatic carbocycles. The summed E-state index contributed by atoms with van der Waals surface area (Å²) in [5.74, 6) is -1.39. The Kier molecular flexibility index (Phi) is 3.52. The summed E-state index contributed by atoms with van der Waals surface area (Å²) < 4.78 is 0. The van der Waals surface area contributed by atoms with Crippen LogP contribution in [0.25, 0.3) is 0 Å². The van der Waals surface area contributed by atoms with E-state index in [0.29, 0.717) is 18.5 Å². The quantitative estimate of drug-likeness (QED) is 0.871. The first-order valence-corrected chi connectivity index (χ1v) is 6.13. The SMILES string of the molecule is N#CC1(C(=O)Nc2cccc(C(=O)O)c2)CCCC1. The van der Waals surface area contributed by atoms with Crippen LogP contribution in [0.1, 0.15) is 36.0 Å². The number of nitriles is 1. The predicted molar refractivity (Wildman–Crippen MR) is 68.5 cm³/mol. The first-order chi connectivity index (χ1) is 9.07. The standard InChI is InChI=1S/C14H14N2O3/c15-9-14(6-1-2-7-14)13(19)16-11-5-3-4-10(8-11)12(17)18/h3-5,8H,1-2,6-7H2,(H,16,19)(H,17,18). The van der Waals surface area contributed by atoms with Gasteiger partial charge in [-0.25, -0.2) is 4.79 Å². The molecule has 5 heteroatoms. The van der Waals surface area contributed by atoms with Gasteiger partial charge in [0.2, 0.25) is 5.91 Å². The molecule has 1 fully saturated rings. The van der Waals surface area contributed by atoms with E-state index in [2.05, 4.69) is 11.4 Å². The van der Waals surface area contributed by atoms with Crippen molar-refractivity contribution in [2.45, 2.75) is 25.7 Å².